The summed E-state index contributed by atoms with van der Waals surface area (Å²) in [7, 11) is 0. The minimum atomic E-state index is -1.43. The SMILES string of the molecule is CC(C)C[C@H](NC(=O)[C@@H](NC(=O)[C@H](Cc1ccccc1)NC(=O)[C@H](C)NC(=O)[C@H](CO)NC(=O)[C@@H](N)CCCCN)C(C)C)C(=O)N[C@@H](CCCN=C(N)N)C(=O)N[C@@H](Cc1ccccc1)C(N)=O. The molecular weight excluding hydrogens is 891 g/mol. The highest BCUT2D eigenvalue weighted by molar-refractivity contribution is 5.98. The number of carbonyl (C=O) groups excluding carboxylic acids is 8. The number of unbranched alkanes of at least 4 members (excludes halogenated alkanes) is 1. The molecule has 22 nitrogen and oxygen atoms in total. The molecule has 0 aromatic heterocycles. The van der Waals surface area contributed by atoms with E-state index in [-0.39, 0.29) is 50.5 Å². The molecule has 8 atom stereocenters. The van der Waals surface area contributed by atoms with Crippen LogP contribution >= 0.6 is 0 Å². The van der Waals surface area contributed by atoms with Gasteiger partial charge in [0.1, 0.15) is 42.3 Å². The molecule has 0 heterocycles. The average Bonchev–Trinajstić information content (AvgIpc) is 3.30. The van der Waals surface area contributed by atoms with E-state index in [0.29, 0.717) is 31.4 Å². The summed E-state index contributed by atoms with van der Waals surface area (Å²) >= 11 is 0. The summed E-state index contributed by atoms with van der Waals surface area (Å²) in [6.07, 6.45) is 2.01. The lowest BCUT2D eigenvalue weighted by Gasteiger charge is -2.29. The van der Waals surface area contributed by atoms with E-state index in [4.69, 9.17) is 28.7 Å². The van der Waals surface area contributed by atoms with Crippen molar-refractivity contribution in [3.63, 3.8) is 0 Å². The van der Waals surface area contributed by atoms with Crippen LogP contribution in [0.4, 0.5) is 0 Å². The molecule has 69 heavy (non-hydrogen) atoms. The Labute approximate surface area is 404 Å². The average molecular weight is 966 g/mol. The highest BCUT2D eigenvalue weighted by Gasteiger charge is 2.35. The van der Waals surface area contributed by atoms with Gasteiger partial charge in [0.15, 0.2) is 5.96 Å². The molecule has 0 radical (unpaired) electrons. The Morgan fingerprint density at radius 3 is 1.57 bits per heavy atom. The standard InChI is InChI=1S/C47H75N13O9/c1-27(2)23-35(43(66)55-33(20-14-22-53-47(51)52)42(65)56-34(39(50)62)24-30-15-8-6-9-16-30)58-46(69)38(28(3)4)60-44(67)36(25-31-17-10-7-11-18-31)57-40(63)29(5)54-45(68)37(26-61)59-41(64)32(49)19-12-13-21-48/h6-11,15-18,27-29,32-38,61H,12-14,19-26,48-49H2,1-5H3,(H2,50,62)(H,54,68)(H,55,66)(H,56,65)(H,57,63)(H,58,69)(H,59,64)(H,60,67)(H4,51,52,53)/t29-,32-,33-,34-,35-,36-,37-,38-/m0/s1. The molecule has 0 aliphatic rings. The number of amides is 8. The maximum Gasteiger partial charge on any atom is 0.245 e. The summed E-state index contributed by atoms with van der Waals surface area (Å²) in [5, 5.41) is 28.2. The fourth-order valence-corrected chi connectivity index (χ4v) is 6.99. The number of benzene rings is 2. The van der Waals surface area contributed by atoms with E-state index >= 15 is 0 Å². The molecule has 0 spiro atoms. The number of hydrogen-bond acceptors (Lipinski definition) is 12. The predicted octanol–water partition coefficient (Wildman–Crippen LogP) is -2.43. The summed E-state index contributed by atoms with van der Waals surface area (Å²) in [6.45, 7) is 8.12. The van der Waals surface area contributed by atoms with E-state index in [1.165, 1.54) is 6.92 Å². The third kappa shape index (κ3) is 21.9. The Hall–Kier alpha value is -6.65. The van der Waals surface area contributed by atoms with E-state index in [9.17, 15) is 43.5 Å². The van der Waals surface area contributed by atoms with Gasteiger partial charge < -0.3 is 71.0 Å². The zero-order valence-corrected chi connectivity index (χ0v) is 40.4. The number of nitrogens with zero attached hydrogens (tertiary/aromatic N) is 1. The maximum absolute atomic E-state index is 14.1. The van der Waals surface area contributed by atoms with Crippen LogP contribution in [0.25, 0.3) is 0 Å². The molecule has 0 unspecified atom stereocenters. The maximum atomic E-state index is 14.1. The topological polar surface area (TPSA) is 383 Å². The highest BCUT2D eigenvalue weighted by Crippen LogP contribution is 2.12. The summed E-state index contributed by atoms with van der Waals surface area (Å²) in [5.41, 5.74) is 29.5. The number of hydrogen-bond donors (Lipinski definition) is 13. The van der Waals surface area contributed by atoms with Crippen molar-refractivity contribution in [1.29, 1.82) is 0 Å². The summed E-state index contributed by atoms with van der Waals surface area (Å²) in [4.78, 5) is 112. The second kappa shape index (κ2) is 30.7. The molecule has 0 fully saturated rings. The van der Waals surface area contributed by atoms with Crippen molar-refractivity contribution in [3.05, 3.63) is 71.8 Å². The quantitative estimate of drug-likeness (QED) is 0.0213. The second-order valence-corrected chi connectivity index (χ2v) is 17.7. The molecule has 0 saturated heterocycles. The summed E-state index contributed by atoms with van der Waals surface area (Å²) in [5.74, 6) is -6.90. The van der Waals surface area contributed by atoms with E-state index < -0.39 is 108 Å². The molecular formula is C47H75N13O9. The largest absolute Gasteiger partial charge is 0.394 e. The van der Waals surface area contributed by atoms with Crippen molar-refractivity contribution in [1.82, 2.24) is 37.2 Å². The van der Waals surface area contributed by atoms with E-state index in [2.05, 4.69) is 42.2 Å². The third-order valence-electron chi connectivity index (χ3n) is 10.9. The van der Waals surface area contributed by atoms with E-state index in [1.54, 1.807) is 74.5 Å². The molecule has 8 amide bonds. The number of carbonyl (C=O) groups is 8. The van der Waals surface area contributed by atoms with Gasteiger partial charge in [0.25, 0.3) is 0 Å². The third-order valence-corrected chi connectivity index (χ3v) is 10.9. The van der Waals surface area contributed by atoms with Crippen LogP contribution in [0.2, 0.25) is 0 Å². The molecule has 0 saturated carbocycles. The van der Waals surface area contributed by atoms with Crippen molar-refractivity contribution in [3.8, 4) is 0 Å². The van der Waals surface area contributed by atoms with Gasteiger partial charge in [-0.3, -0.25) is 43.3 Å². The Morgan fingerprint density at radius 2 is 1.04 bits per heavy atom. The van der Waals surface area contributed by atoms with Crippen LogP contribution in [-0.2, 0) is 51.2 Å². The lowest BCUT2D eigenvalue weighted by atomic mass is 9.98. The van der Waals surface area contributed by atoms with Crippen LogP contribution in [0.5, 0.6) is 0 Å². The Morgan fingerprint density at radius 1 is 0.551 bits per heavy atom. The fraction of sp³-hybridized carbons (Fsp3) is 0.553. The van der Waals surface area contributed by atoms with Crippen molar-refractivity contribution < 1.29 is 43.5 Å². The van der Waals surface area contributed by atoms with Gasteiger partial charge in [0.05, 0.1) is 12.6 Å². The first kappa shape index (κ1) is 58.5. The number of aliphatic hydroxyl groups excluding tert-OH is 1. The number of nitrogens with one attached hydrogen (secondary N) is 7. The zero-order valence-electron chi connectivity index (χ0n) is 40.4. The van der Waals surface area contributed by atoms with E-state index in [1.807, 2.05) is 13.8 Å². The van der Waals surface area contributed by atoms with Gasteiger partial charge in [0.2, 0.25) is 47.3 Å². The molecule has 18 N–H and O–H groups in total. The number of primary amides is 1. The number of aliphatic hydroxyl groups is 1. The van der Waals surface area contributed by atoms with Crippen LogP contribution in [0.15, 0.2) is 65.7 Å². The van der Waals surface area contributed by atoms with Gasteiger partial charge in [-0.2, -0.15) is 0 Å². The Balaban J connectivity index is 2.31. The van der Waals surface area contributed by atoms with Crippen LogP contribution in [0, 0.1) is 11.8 Å². The first-order valence-corrected chi connectivity index (χ1v) is 23.3. The lowest BCUT2D eigenvalue weighted by molar-refractivity contribution is -0.136. The molecule has 382 valence electrons. The van der Waals surface area contributed by atoms with Crippen molar-refractivity contribution >= 4 is 53.2 Å². The van der Waals surface area contributed by atoms with Crippen molar-refractivity contribution in [2.45, 2.75) is 134 Å². The van der Waals surface area contributed by atoms with Gasteiger partial charge in [-0.15, -0.1) is 0 Å². The Kier molecular flexibility index (Phi) is 26.0. The number of rotatable bonds is 31. The van der Waals surface area contributed by atoms with E-state index in [0.717, 1.165) is 5.56 Å². The first-order valence-electron chi connectivity index (χ1n) is 23.3. The van der Waals surface area contributed by atoms with Gasteiger partial charge in [-0.1, -0.05) is 94.8 Å². The minimum Gasteiger partial charge on any atom is -0.394 e. The molecule has 2 aromatic rings. The molecule has 0 aliphatic carbocycles. The van der Waals surface area contributed by atoms with Gasteiger partial charge in [-0.05, 0) is 68.5 Å². The monoisotopic (exact) mass is 966 g/mol. The first-order chi connectivity index (χ1) is 32.7. The zero-order chi connectivity index (χ0) is 51.6. The summed E-state index contributed by atoms with van der Waals surface area (Å²) in [6, 6.07) is 7.92. The van der Waals surface area contributed by atoms with Crippen LogP contribution in [0.1, 0.15) is 84.3 Å². The molecule has 2 aromatic carbocycles. The van der Waals surface area contributed by atoms with Crippen molar-refractivity contribution in [2.24, 2.45) is 45.5 Å². The van der Waals surface area contributed by atoms with Gasteiger partial charge in [0, 0.05) is 19.4 Å². The molecule has 22 heteroatoms. The molecule has 0 aliphatic heterocycles. The van der Waals surface area contributed by atoms with Gasteiger partial charge >= 0.3 is 0 Å². The number of guanidine groups is 1. The fourth-order valence-electron chi connectivity index (χ4n) is 6.99. The van der Waals surface area contributed by atoms with Crippen molar-refractivity contribution in [2.75, 3.05) is 19.7 Å². The van der Waals surface area contributed by atoms with Crippen LogP contribution in [0.3, 0.4) is 0 Å². The summed E-state index contributed by atoms with van der Waals surface area (Å²) < 4.78 is 0. The normalized spacial score (nSPS) is 14.6. The lowest BCUT2D eigenvalue weighted by Crippen LogP contribution is -2.61. The van der Waals surface area contributed by atoms with Crippen LogP contribution < -0.4 is 65.9 Å². The predicted molar refractivity (Wildman–Crippen MR) is 261 cm³/mol. The number of nitrogens with two attached hydrogens (primary N) is 5. The van der Waals surface area contributed by atoms with Crippen LogP contribution in [-0.4, -0.2) is 126 Å². The molecule has 2 rings (SSSR count). The minimum absolute atomic E-state index is 0.0319. The van der Waals surface area contributed by atoms with Gasteiger partial charge in [-0.25, -0.2) is 0 Å². The Bertz CT molecular complexity index is 2000. The molecule has 0 bridgehead atoms. The smallest absolute Gasteiger partial charge is 0.245 e. The number of aliphatic imine (C=N–C) groups is 1. The highest BCUT2D eigenvalue weighted by atomic mass is 16.3. The second-order valence-electron chi connectivity index (χ2n) is 17.7.